The van der Waals surface area contributed by atoms with Gasteiger partial charge >= 0.3 is 0 Å². The number of hydrogen-bond donors (Lipinski definition) is 1. The predicted molar refractivity (Wildman–Crippen MR) is 118 cm³/mol. The molecule has 2 aliphatic heterocycles. The molecular formula is C26H26N2O2. The molecular weight excluding hydrogens is 372 g/mol. The Balaban J connectivity index is 1.66. The molecule has 2 heterocycles. The normalized spacial score (nSPS) is 23.7. The molecule has 0 radical (unpaired) electrons. The molecule has 1 N–H and O–H groups in total. The molecule has 0 saturated carbocycles. The zero-order valence-corrected chi connectivity index (χ0v) is 17.4. The van der Waals surface area contributed by atoms with Crippen molar-refractivity contribution in [3.05, 3.63) is 88.8 Å². The molecule has 2 aromatic carbocycles. The summed E-state index contributed by atoms with van der Waals surface area (Å²) in [5, 5.41) is 3.29. The summed E-state index contributed by atoms with van der Waals surface area (Å²) in [6.45, 7) is 5.06. The first-order valence-corrected chi connectivity index (χ1v) is 10.6. The summed E-state index contributed by atoms with van der Waals surface area (Å²) >= 11 is 0. The summed E-state index contributed by atoms with van der Waals surface area (Å²) in [6.07, 6.45) is 3.92. The van der Waals surface area contributed by atoms with Gasteiger partial charge in [0, 0.05) is 36.1 Å². The second-order valence-corrected chi connectivity index (χ2v) is 9.25. The van der Waals surface area contributed by atoms with Crippen molar-refractivity contribution < 1.29 is 9.59 Å². The highest BCUT2D eigenvalue weighted by Crippen LogP contribution is 2.49. The van der Waals surface area contributed by atoms with E-state index in [4.69, 9.17) is 0 Å². The number of nitrogens with one attached hydrogen (secondary N) is 1. The topological polar surface area (TPSA) is 49.4 Å². The van der Waals surface area contributed by atoms with Crippen LogP contribution in [0.3, 0.4) is 0 Å². The third-order valence-electron chi connectivity index (χ3n) is 6.43. The molecule has 2 aromatic rings. The number of rotatable bonds is 2. The Morgan fingerprint density at radius 2 is 1.73 bits per heavy atom. The van der Waals surface area contributed by atoms with Crippen molar-refractivity contribution in [2.75, 3.05) is 11.9 Å². The summed E-state index contributed by atoms with van der Waals surface area (Å²) in [5.41, 5.74) is 5.25. The Hall–Kier alpha value is -3.14. The number of carbonyl (C=O) groups excluding carboxylic acids is 2. The first-order valence-electron chi connectivity index (χ1n) is 10.6. The maximum atomic E-state index is 13.7. The summed E-state index contributed by atoms with van der Waals surface area (Å²) in [6, 6.07) is 18.0. The van der Waals surface area contributed by atoms with Gasteiger partial charge in [0.1, 0.15) is 0 Å². The van der Waals surface area contributed by atoms with Crippen LogP contribution in [0.15, 0.2) is 77.6 Å². The van der Waals surface area contributed by atoms with Gasteiger partial charge < -0.3 is 10.2 Å². The lowest BCUT2D eigenvalue weighted by atomic mass is 9.70. The number of para-hydroxylation sites is 1. The SMILES string of the molecule is CC1(C)CC(=O)C2=C(C1)N1CCc3ccccc3C1/C(=C/Nc1ccccc1)C2=O. The van der Waals surface area contributed by atoms with E-state index in [0.29, 0.717) is 17.6 Å². The first kappa shape index (κ1) is 18.9. The molecule has 1 atom stereocenters. The molecule has 0 aromatic heterocycles. The first-order chi connectivity index (χ1) is 14.4. The number of benzene rings is 2. The smallest absolute Gasteiger partial charge is 0.198 e. The van der Waals surface area contributed by atoms with Gasteiger partial charge in [-0.2, -0.15) is 0 Å². The number of Topliss-reactive ketones (excluding diaryl/α,β-unsaturated/α-hetero) is 2. The van der Waals surface area contributed by atoms with E-state index >= 15 is 0 Å². The summed E-state index contributed by atoms with van der Waals surface area (Å²) in [5.74, 6) is -0.138. The lowest BCUT2D eigenvalue weighted by Gasteiger charge is -2.48. The molecule has 0 saturated heterocycles. The van der Waals surface area contributed by atoms with E-state index in [1.54, 1.807) is 0 Å². The van der Waals surface area contributed by atoms with Crippen LogP contribution in [0.2, 0.25) is 0 Å². The van der Waals surface area contributed by atoms with Crippen LogP contribution in [0.5, 0.6) is 0 Å². The van der Waals surface area contributed by atoms with Crippen molar-refractivity contribution in [3.8, 4) is 0 Å². The lowest BCUT2D eigenvalue weighted by molar-refractivity contribution is -0.123. The minimum atomic E-state index is -0.154. The minimum Gasteiger partial charge on any atom is -0.362 e. The average Bonchev–Trinajstić information content (AvgIpc) is 2.73. The second-order valence-electron chi connectivity index (χ2n) is 9.25. The van der Waals surface area contributed by atoms with Gasteiger partial charge in [-0.05, 0) is 41.5 Å². The maximum absolute atomic E-state index is 13.7. The second kappa shape index (κ2) is 6.98. The van der Waals surface area contributed by atoms with Gasteiger partial charge in [0.25, 0.3) is 0 Å². The molecule has 0 amide bonds. The number of carbonyl (C=O) groups is 2. The Morgan fingerprint density at radius 3 is 2.53 bits per heavy atom. The van der Waals surface area contributed by atoms with Crippen molar-refractivity contribution in [1.82, 2.24) is 4.90 Å². The fraction of sp³-hybridized carbons (Fsp3) is 0.308. The van der Waals surface area contributed by atoms with Gasteiger partial charge in [-0.3, -0.25) is 9.59 Å². The molecule has 3 aliphatic rings. The molecule has 1 aliphatic carbocycles. The lowest BCUT2D eigenvalue weighted by Crippen LogP contribution is -2.47. The third-order valence-corrected chi connectivity index (χ3v) is 6.43. The standard InChI is InChI=1S/C26H26N2O2/c1-26(2)14-21-23(22(29)15-26)25(30)20(16-27-18-9-4-3-5-10-18)24-19-11-7-6-8-17(19)12-13-28(21)24/h3-11,16,24,27H,12-15H2,1-2H3/b20-16-. The van der Waals surface area contributed by atoms with Crippen molar-refractivity contribution in [1.29, 1.82) is 0 Å². The van der Waals surface area contributed by atoms with E-state index in [2.05, 4.69) is 42.3 Å². The van der Waals surface area contributed by atoms with Crippen LogP contribution in [-0.4, -0.2) is 23.0 Å². The van der Waals surface area contributed by atoms with Gasteiger partial charge in [0.2, 0.25) is 0 Å². The highest BCUT2D eigenvalue weighted by molar-refractivity contribution is 6.28. The van der Waals surface area contributed by atoms with E-state index < -0.39 is 0 Å². The average molecular weight is 399 g/mol. The van der Waals surface area contributed by atoms with Crippen LogP contribution in [0.4, 0.5) is 5.69 Å². The van der Waals surface area contributed by atoms with Gasteiger partial charge in [0.15, 0.2) is 11.6 Å². The van der Waals surface area contributed by atoms with Gasteiger partial charge in [-0.25, -0.2) is 0 Å². The van der Waals surface area contributed by atoms with Crippen LogP contribution in [-0.2, 0) is 16.0 Å². The maximum Gasteiger partial charge on any atom is 0.198 e. The van der Waals surface area contributed by atoms with Crippen LogP contribution in [0.1, 0.15) is 43.9 Å². The third kappa shape index (κ3) is 3.07. The fourth-order valence-corrected chi connectivity index (χ4v) is 5.09. The van der Waals surface area contributed by atoms with E-state index in [-0.39, 0.29) is 23.0 Å². The monoisotopic (exact) mass is 398 g/mol. The van der Waals surface area contributed by atoms with Crippen molar-refractivity contribution in [2.45, 2.75) is 39.2 Å². The van der Waals surface area contributed by atoms with E-state index in [0.717, 1.165) is 30.8 Å². The van der Waals surface area contributed by atoms with Crippen LogP contribution in [0.25, 0.3) is 0 Å². The quantitative estimate of drug-likeness (QED) is 0.583. The molecule has 4 heteroatoms. The number of ketones is 2. The highest BCUT2D eigenvalue weighted by atomic mass is 16.2. The number of nitrogens with zero attached hydrogens (tertiary/aromatic N) is 1. The van der Waals surface area contributed by atoms with Crippen LogP contribution < -0.4 is 5.32 Å². The molecule has 1 unspecified atom stereocenters. The summed E-state index contributed by atoms with van der Waals surface area (Å²) in [4.78, 5) is 29.0. The predicted octanol–water partition coefficient (Wildman–Crippen LogP) is 4.81. The Labute approximate surface area is 177 Å². The number of anilines is 1. The fourth-order valence-electron chi connectivity index (χ4n) is 5.09. The van der Waals surface area contributed by atoms with E-state index in [1.165, 1.54) is 11.1 Å². The van der Waals surface area contributed by atoms with Gasteiger partial charge in [0.05, 0.1) is 11.6 Å². The number of fused-ring (bicyclic) bond motifs is 4. The van der Waals surface area contributed by atoms with Gasteiger partial charge in [-0.15, -0.1) is 0 Å². The highest BCUT2D eigenvalue weighted by Gasteiger charge is 2.47. The van der Waals surface area contributed by atoms with Crippen molar-refractivity contribution >= 4 is 17.3 Å². The Morgan fingerprint density at radius 1 is 1.00 bits per heavy atom. The largest absolute Gasteiger partial charge is 0.362 e. The van der Waals surface area contributed by atoms with E-state index in [9.17, 15) is 9.59 Å². The number of allylic oxidation sites excluding steroid dienone is 2. The summed E-state index contributed by atoms with van der Waals surface area (Å²) < 4.78 is 0. The van der Waals surface area contributed by atoms with Crippen LogP contribution in [0, 0.1) is 5.41 Å². The van der Waals surface area contributed by atoms with E-state index in [1.807, 2.05) is 42.6 Å². The molecule has 5 rings (SSSR count). The molecule has 0 spiro atoms. The Kier molecular flexibility index (Phi) is 4.39. The van der Waals surface area contributed by atoms with Gasteiger partial charge in [-0.1, -0.05) is 56.3 Å². The molecule has 152 valence electrons. The zero-order chi connectivity index (χ0) is 20.9. The summed E-state index contributed by atoms with van der Waals surface area (Å²) in [7, 11) is 0. The minimum absolute atomic E-state index is 0.0193. The van der Waals surface area contributed by atoms with Crippen LogP contribution >= 0.6 is 0 Å². The zero-order valence-electron chi connectivity index (χ0n) is 17.4. The molecule has 30 heavy (non-hydrogen) atoms. The number of hydrogen-bond acceptors (Lipinski definition) is 4. The van der Waals surface area contributed by atoms with Crippen molar-refractivity contribution in [2.24, 2.45) is 5.41 Å². The molecule has 4 nitrogen and oxygen atoms in total. The molecule has 0 fully saturated rings. The molecule has 0 bridgehead atoms. The van der Waals surface area contributed by atoms with Crippen molar-refractivity contribution in [3.63, 3.8) is 0 Å². The Bertz CT molecular complexity index is 1100.